The van der Waals surface area contributed by atoms with Crippen LogP contribution in [0.4, 0.5) is 0 Å². The predicted molar refractivity (Wildman–Crippen MR) is 58.4 cm³/mol. The second kappa shape index (κ2) is 6.89. The fraction of sp³-hybridized carbons (Fsp3) is 0.778. The van der Waals surface area contributed by atoms with Gasteiger partial charge in [0.1, 0.15) is 0 Å². The Morgan fingerprint density at radius 2 is 2.31 bits per heavy atom. The average molecular weight is 226 g/mol. The van der Waals surface area contributed by atoms with Crippen molar-refractivity contribution in [1.82, 2.24) is 31.3 Å². The number of nitrogens with one attached hydrogen (secondary N) is 3. The zero-order valence-electron chi connectivity index (χ0n) is 9.66. The van der Waals surface area contributed by atoms with Crippen molar-refractivity contribution >= 4 is 5.91 Å². The maximum atomic E-state index is 11.4. The molecule has 0 aromatic carbocycles. The molecule has 0 saturated heterocycles. The lowest BCUT2D eigenvalue weighted by Crippen LogP contribution is -2.27. The molecule has 1 heterocycles. The first-order chi connectivity index (χ1) is 7.68. The topological polar surface area (TPSA) is 95.6 Å². The molecule has 0 aliphatic heterocycles. The predicted octanol–water partition coefficient (Wildman–Crippen LogP) is -0.406. The van der Waals surface area contributed by atoms with Crippen molar-refractivity contribution < 1.29 is 4.79 Å². The number of aromatic nitrogens is 4. The van der Waals surface area contributed by atoms with Crippen molar-refractivity contribution in [2.45, 2.75) is 39.3 Å². The Morgan fingerprint density at radius 1 is 1.50 bits per heavy atom. The van der Waals surface area contributed by atoms with Crippen LogP contribution in [0.3, 0.4) is 0 Å². The van der Waals surface area contributed by atoms with Crippen LogP contribution in [0.1, 0.15) is 32.5 Å². The van der Waals surface area contributed by atoms with Crippen molar-refractivity contribution in [3.05, 3.63) is 5.82 Å². The summed E-state index contributed by atoms with van der Waals surface area (Å²) in [6.45, 7) is 5.34. The highest BCUT2D eigenvalue weighted by Crippen LogP contribution is 1.90. The number of H-pyrrole nitrogens is 1. The van der Waals surface area contributed by atoms with E-state index >= 15 is 0 Å². The molecule has 0 atom stereocenters. The van der Waals surface area contributed by atoms with Gasteiger partial charge in [-0.2, -0.15) is 5.21 Å². The smallest absolute Gasteiger partial charge is 0.220 e. The summed E-state index contributed by atoms with van der Waals surface area (Å²) >= 11 is 0. The highest BCUT2D eigenvalue weighted by molar-refractivity contribution is 5.75. The molecule has 1 aromatic heterocycles. The molecule has 7 heteroatoms. The van der Waals surface area contributed by atoms with Gasteiger partial charge in [-0.1, -0.05) is 19.1 Å². The summed E-state index contributed by atoms with van der Waals surface area (Å²) in [5.41, 5.74) is 0. The van der Waals surface area contributed by atoms with Crippen LogP contribution in [0.2, 0.25) is 0 Å². The van der Waals surface area contributed by atoms with E-state index in [0.717, 1.165) is 13.0 Å². The summed E-state index contributed by atoms with van der Waals surface area (Å²) in [6, 6.07) is 0.461. The molecule has 0 spiro atoms. The fourth-order valence-electron chi connectivity index (χ4n) is 1.16. The molecule has 1 amide bonds. The fourth-order valence-corrected chi connectivity index (χ4v) is 1.16. The van der Waals surface area contributed by atoms with E-state index in [1.54, 1.807) is 0 Å². The third kappa shape index (κ3) is 5.40. The number of amides is 1. The van der Waals surface area contributed by atoms with Gasteiger partial charge in [0.15, 0.2) is 5.82 Å². The van der Waals surface area contributed by atoms with E-state index in [0.29, 0.717) is 24.8 Å². The summed E-state index contributed by atoms with van der Waals surface area (Å²) in [6.07, 6.45) is 1.34. The monoisotopic (exact) mass is 226 g/mol. The van der Waals surface area contributed by atoms with Gasteiger partial charge in [-0.05, 0) is 13.0 Å². The zero-order chi connectivity index (χ0) is 11.8. The highest BCUT2D eigenvalue weighted by Gasteiger charge is 2.03. The Hall–Kier alpha value is -1.50. The van der Waals surface area contributed by atoms with E-state index in [1.165, 1.54) is 0 Å². The van der Waals surface area contributed by atoms with E-state index in [1.807, 2.05) is 0 Å². The minimum Gasteiger partial charge on any atom is -0.349 e. The molecule has 0 bridgehead atoms. The molecule has 1 rings (SSSR count). The van der Waals surface area contributed by atoms with E-state index in [4.69, 9.17) is 0 Å². The Labute approximate surface area is 94.4 Å². The minimum atomic E-state index is 0.00959. The van der Waals surface area contributed by atoms with Gasteiger partial charge in [-0.15, -0.1) is 10.2 Å². The number of nitrogens with zero attached hydrogens (tertiary/aromatic N) is 3. The largest absolute Gasteiger partial charge is 0.349 e. The van der Waals surface area contributed by atoms with Crippen LogP contribution in [0.15, 0.2) is 0 Å². The first-order valence-electron chi connectivity index (χ1n) is 5.41. The molecule has 0 unspecified atom stereocenters. The van der Waals surface area contributed by atoms with Crippen molar-refractivity contribution in [2.75, 3.05) is 6.54 Å². The van der Waals surface area contributed by atoms with Crippen molar-refractivity contribution in [2.24, 2.45) is 0 Å². The summed E-state index contributed by atoms with van der Waals surface area (Å²) in [5.74, 6) is 0.504. The Kier molecular flexibility index (Phi) is 5.41. The Bertz CT molecular complexity index is 297. The van der Waals surface area contributed by atoms with Crippen molar-refractivity contribution in [3.8, 4) is 0 Å². The highest BCUT2D eigenvalue weighted by atomic mass is 16.1. The maximum absolute atomic E-state index is 11.4. The summed E-state index contributed by atoms with van der Waals surface area (Å²) < 4.78 is 0. The molecular weight excluding hydrogens is 208 g/mol. The number of tetrazole rings is 1. The van der Waals surface area contributed by atoms with Crippen LogP contribution in [0.5, 0.6) is 0 Å². The van der Waals surface area contributed by atoms with Crippen molar-refractivity contribution in [3.63, 3.8) is 0 Å². The van der Waals surface area contributed by atoms with Crippen LogP contribution < -0.4 is 10.6 Å². The van der Waals surface area contributed by atoms with Crippen LogP contribution in [0, 0.1) is 0 Å². The molecule has 0 fully saturated rings. The standard InChI is InChI=1S/C9H18N6O/c1-7(2)10-5-3-4-9(16)11-6-8-12-14-15-13-8/h7,10H,3-6H2,1-2H3,(H,11,16)(H,12,13,14,15). The van der Waals surface area contributed by atoms with Crippen molar-refractivity contribution in [1.29, 1.82) is 0 Å². The molecule has 3 N–H and O–H groups in total. The van der Waals surface area contributed by atoms with Gasteiger partial charge in [0.2, 0.25) is 5.91 Å². The number of rotatable bonds is 7. The first-order valence-corrected chi connectivity index (χ1v) is 5.41. The zero-order valence-corrected chi connectivity index (χ0v) is 9.66. The summed E-state index contributed by atoms with van der Waals surface area (Å²) in [4.78, 5) is 11.4. The third-order valence-electron chi connectivity index (χ3n) is 1.97. The Balaban J connectivity index is 2.03. The number of hydrogen-bond acceptors (Lipinski definition) is 5. The molecule has 1 aromatic rings. The molecule has 90 valence electrons. The molecule has 0 aliphatic carbocycles. The second-order valence-electron chi connectivity index (χ2n) is 3.82. The minimum absolute atomic E-state index is 0.00959. The quantitative estimate of drug-likeness (QED) is 0.549. The van der Waals surface area contributed by atoms with Crippen LogP contribution in [0.25, 0.3) is 0 Å². The number of carbonyl (C=O) groups excluding carboxylic acids is 1. The van der Waals surface area contributed by atoms with Gasteiger partial charge in [0.05, 0.1) is 6.54 Å². The lowest BCUT2D eigenvalue weighted by Gasteiger charge is -2.07. The number of carbonyl (C=O) groups is 1. The van der Waals surface area contributed by atoms with Crippen LogP contribution in [-0.2, 0) is 11.3 Å². The van der Waals surface area contributed by atoms with Gasteiger partial charge in [-0.25, -0.2) is 0 Å². The molecule has 0 aliphatic rings. The second-order valence-corrected chi connectivity index (χ2v) is 3.82. The molecule has 0 radical (unpaired) electrons. The summed E-state index contributed by atoms with van der Waals surface area (Å²) in [7, 11) is 0. The van der Waals surface area contributed by atoms with Gasteiger partial charge in [-0.3, -0.25) is 4.79 Å². The van der Waals surface area contributed by atoms with Crippen LogP contribution >= 0.6 is 0 Å². The number of hydrogen-bond donors (Lipinski definition) is 3. The first kappa shape index (κ1) is 12.6. The van der Waals surface area contributed by atoms with Crippen LogP contribution in [-0.4, -0.2) is 39.1 Å². The van der Waals surface area contributed by atoms with E-state index in [2.05, 4.69) is 45.1 Å². The lowest BCUT2D eigenvalue weighted by atomic mass is 10.2. The molecule has 7 nitrogen and oxygen atoms in total. The van der Waals surface area contributed by atoms with E-state index in [9.17, 15) is 4.79 Å². The SMILES string of the molecule is CC(C)NCCCC(=O)NCc1nn[nH]n1. The molecule has 16 heavy (non-hydrogen) atoms. The molecule has 0 saturated carbocycles. The van der Waals surface area contributed by atoms with Gasteiger partial charge >= 0.3 is 0 Å². The third-order valence-corrected chi connectivity index (χ3v) is 1.97. The maximum Gasteiger partial charge on any atom is 0.220 e. The van der Waals surface area contributed by atoms with Gasteiger partial charge in [0, 0.05) is 12.5 Å². The van der Waals surface area contributed by atoms with Gasteiger partial charge < -0.3 is 10.6 Å². The number of aromatic amines is 1. The Morgan fingerprint density at radius 3 is 2.94 bits per heavy atom. The van der Waals surface area contributed by atoms with Gasteiger partial charge in [0.25, 0.3) is 0 Å². The summed E-state index contributed by atoms with van der Waals surface area (Å²) in [5, 5.41) is 19.2. The van der Waals surface area contributed by atoms with E-state index in [-0.39, 0.29) is 5.91 Å². The average Bonchev–Trinajstić information content (AvgIpc) is 2.74. The lowest BCUT2D eigenvalue weighted by molar-refractivity contribution is -0.121. The molecular formula is C9H18N6O. The normalized spacial score (nSPS) is 10.7. The van der Waals surface area contributed by atoms with E-state index < -0.39 is 0 Å².